The number of hydrogen-bond acceptors (Lipinski definition) is 4. The molecule has 1 heterocycles. The second kappa shape index (κ2) is 5.05. The largest absolute Gasteiger partial charge is 0.507 e. The molecule has 0 unspecified atom stereocenters. The zero-order valence-electron chi connectivity index (χ0n) is 10.9. The van der Waals surface area contributed by atoms with Gasteiger partial charge in [-0.3, -0.25) is 0 Å². The van der Waals surface area contributed by atoms with Gasteiger partial charge in [0.25, 0.3) is 0 Å². The third-order valence-corrected chi connectivity index (χ3v) is 2.94. The van der Waals surface area contributed by atoms with Crippen LogP contribution in [0.25, 0.3) is 11.0 Å². The Kier molecular flexibility index (Phi) is 3.09. The molecule has 5 heteroatoms. The van der Waals surface area contributed by atoms with Gasteiger partial charge in [0.1, 0.15) is 11.5 Å². The molecule has 0 aliphatic carbocycles. The van der Waals surface area contributed by atoms with Crippen LogP contribution in [0.4, 0.5) is 5.95 Å². The third-order valence-electron chi connectivity index (χ3n) is 2.94. The molecule has 0 radical (unpaired) electrons. The number of rotatable bonds is 3. The highest BCUT2D eigenvalue weighted by molar-refractivity contribution is 5.86. The van der Waals surface area contributed by atoms with Crippen LogP contribution in [0.1, 0.15) is 5.56 Å². The molecule has 0 atom stereocenters. The minimum atomic E-state index is 0.144. The van der Waals surface area contributed by atoms with E-state index in [0.717, 1.165) is 11.0 Å². The van der Waals surface area contributed by atoms with Crippen molar-refractivity contribution in [2.24, 2.45) is 4.99 Å². The minimum Gasteiger partial charge on any atom is -0.507 e. The summed E-state index contributed by atoms with van der Waals surface area (Å²) in [5.41, 5.74) is 2.36. The van der Waals surface area contributed by atoms with Gasteiger partial charge in [-0.25, -0.2) is 9.98 Å². The summed E-state index contributed by atoms with van der Waals surface area (Å²) in [5, 5.41) is 9.77. The monoisotopic (exact) mass is 267 g/mol. The van der Waals surface area contributed by atoms with Crippen molar-refractivity contribution in [2.75, 3.05) is 7.11 Å². The Hall–Kier alpha value is -2.82. The average Bonchev–Trinajstić information content (AvgIpc) is 2.89. The van der Waals surface area contributed by atoms with Crippen molar-refractivity contribution in [2.45, 2.75) is 0 Å². The maximum absolute atomic E-state index is 9.77. The smallest absolute Gasteiger partial charge is 0.227 e. The zero-order chi connectivity index (χ0) is 13.9. The van der Waals surface area contributed by atoms with Gasteiger partial charge < -0.3 is 14.8 Å². The molecule has 100 valence electrons. The molecule has 0 spiro atoms. The molecule has 2 aromatic carbocycles. The molecule has 20 heavy (non-hydrogen) atoms. The van der Waals surface area contributed by atoms with Crippen LogP contribution in [-0.2, 0) is 0 Å². The van der Waals surface area contributed by atoms with Crippen LogP contribution in [0.2, 0.25) is 0 Å². The SMILES string of the molecule is COc1ccc(O)c(C=Nc2nc3ccccc3[nH]2)c1. The molecule has 1 aromatic heterocycles. The fourth-order valence-electron chi connectivity index (χ4n) is 1.89. The second-order valence-electron chi connectivity index (χ2n) is 4.26. The van der Waals surface area contributed by atoms with E-state index >= 15 is 0 Å². The van der Waals surface area contributed by atoms with E-state index in [-0.39, 0.29) is 5.75 Å². The number of phenolic OH excluding ortho intramolecular Hbond substituents is 1. The Morgan fingerprint density at radius 3 is 2.90 bits per heavy atom. The van der Waals surface area contributed by atoms with Gasteiger partial charge in [-0.2, -0.15) is 0 Å². The maximum atomic E-state index is 9.77. The summed E-state index contributed by atoms with van der Waals surface area (Å²) in [6.07, 6.45) is 1.55. The molecule has 2 N–H and O–H groups in total. The van der Waals surface area contributed by atoms with Crippen molar-refractivity contribution >= 4 is 23.2 Å². The lowest BCUT2D eigenvalue weighted by atomic mass is 10.2. The molecule has 0 amide bonds. The van der Waals surface area contributed by atoms with E-state index in [4.69, 9.17) is 4.74 Å². The van der Waals surface area contributed by atoms with E-state index in [1.807, 2.05) is 24.3 Å². The molecule has 0 aliphatic rings. The molecule has 0 aliphatic heterocycles. The lowest BCUT2D eigenvalue weighted by Gasteiger charge is -2.02. The maximum Gasteiger partial charge on any atom is 0.227 e. The van der Waals surface area contributed by atoms with Crippen molar-refractivity contribution < 1.29 is 9.84 Å². The second-order valence-corrected chi connectivity index (χ2v) is 4.26. The van der Waals surface area contributed by atoms with E-state index in [1.165, 1.54) is 0 Å². The Morgan fingerprint density at radius 1 is 1.25 bits per heavy atom. The number of H-pyrrole nitrogens is 1. The number of aromatic hydroxyl groups is 1. The van der Waals surface area contributed by atoms with Crippen LogP contribution in [0.15, 0.2) is 47.5 Å². The van der Waals surface area contributed by atoms with Crippen molar-refractivity contribution in [3.05, 3.63) is 48.0 Å². The van der Waals surface area contributed by atoms with Gasteiger partial charge in [0.15, 0.2) is 0 Å². The number of aliphatic imine (C=N–C) groups is 1. The molecule has 0 saturated carbocycles. The van der Waals surface area contributed by atoms with E-state index in [2.05, 4.69) is 15.0 Å². The number of para-hydroxylation sites is 2. The topological polar surface area (TPSA) is 70.5 Å². The Labute approximate surface area is 115 Å². The Balaban J connectivity index is 1.93. The van der Waals surface area contributed by atoms with Gasteiger partial charge in [0, 0.05) is 11.8 Å². The number of hydrogen-bond donors (Lipinski definition) is 2. The Morgan fingerprint density at radius 2 is 2.10 bits per heavy atom. The number of fused-ring (bicyclic) bond motifs is 1. The average molecular weight is 267 g/mol. The predicted molar refractivity (Wildman–Crippen MR) is 78.0 cm³/mol. The molecule has 0 saturated heterocycles. The highest BCUT2D eigenvalue weighted by atomic mass is 16.5. The fourth-order valence-corrected chi connectivity index (χ4v) is 1.89. The van der Waals surface area contributed by atoms with Crippen molar-refractivity contribution in [1.29, 1.82) is 0 Å². The molecule has 0 bridgehead atoms. The quantitative estimate of drug-likeness (QED) is 0.716. The first-order valence-corrected chi connectivity index (χ1v) is 6.12. The van der Waals surface area contributed by atoms with E-state index in [1.54, 1.807) is 31.5 Å². The van der Waals surface area contributed by atoms with Gasteiger partial charge in [-0.05, 0) is 30.3 Å². The number of ether oxygens (including phenoxy) is 1. The zero-order valence-corrected chi connectivity index (χ0v) is 10.9. The van der Waals surface area contributed by atoms with Gasteiger partial charge in [0.2, 0.25) is 5.95 Å². The minimum absolute atomic E-state index is 0.144. The summed E-state index contributed by atoms with van der Waals surface area (Å²) in [7, 11) is 1.58. The summed E-state index contributed by atoms with van der Waals surface area (Å²) in [5.74, 6) is 1.30. The summed E-state index contributed by atoms with van der Waals surface area (Å²) >= 11 is 0. The van der Waals surface area contributed by atoms with Crippen molar-refractivity contribution in [1.82, 2.24) is 9.97 Å². The van der Waals surface area contributed by atoms with Crippen LogP contribution in [0.3, 0.4) is 0 Å². The van der Waals surface area contributed by atoms with E-state index < -0.39 is 0 Å². The number of nitrogens with one attached hydrogen (secondary N) is 1. The third kappa shape index (κ3) is 2.33. The van der Waals surface area contributed by atoms with Crippen LogP contribution in [-0.4, -0.2) is 28.4 Å². The van der Waals surface area contributed by atoms with Crippen molar-refractivity contribution in [3.8, 4) is 11.5 Å². The van der Waals surface area contributed by atoms with E-state index in [9.17, 15) is 5.11 Å². The van der Waals surface area contributed by atoms with E-state index in [0.29, 0.717) is 17.3 Å². The van der Waals surface area contributed by atoms with Crippen LogP contribution < -0.4 is 4.74 Å². The fraction of sp³-hybridized carbons (Fsp3) is 0.0667. The molecular formula is C15H13N3O2. The van der Waals surface area contributed by atoms with Crippen LogP contribution in [0.5, 0.6) is 11.5 Å². The number of aromatic amines is 1. The van der Waals surface area contributed by atoms with Gasteiger partial charge in [0.05, 0.1) is 18.1 Å². The molecule has 0 fully saturated rings. The van der Waals surface area contributed by atoms with Crippen molar-refractivity contribution in [3.63, 3.8) is 0 Å². The summed E-state index contributed by atoms with van der Waals surface area (Å²) in [6, 6.07) is 12.7. The Bertz CT molecular complexity index is 745. The lowest BCUT2D eigenvalue weighted by molar-refractivity contribution is 0.412. The number of imidazole rings is 1. The number of benzene rings is 2. The molecule has 3 aromatic rings. The highest BCUT2D eigenvalue weighted by Crippen LogP contribution is 2.22. The standard InChI is InChI=1S/C15H13N3O2/c1-20-11-6-7-14(19)10(8-11)9-16-15-17-12-4-2-3-5-13(12)18-15/h2-9,19H,1H3,(H,17,18). The first-order chi connectivity index (χ1) is 9.76. The van der Waals surface area contributed by atoms with Gasteiger partial charge >= 0.3 is 0 Å². The normalized spacial score (nSPS) is 11.2. The summed E-state index contributed by atoms with van der Waals surface area (Å²) < 4.78 is 5.11. The number of nitrogens with zero attached hydrogens (tertiary/aromatic N) is 2. The van der Waals surface area contributed by atoms with Gasteiger partial charge in [-0.1, -0.05) is 12.1 Å². The van der Waals surface area contributed by atoms with Gasteiger partial charge in [-0.15, -0.1) is 0 Å². The molecular weight excluding hydrogens is 254 g/mol. The van der Waals surface area contributed by atoms with Crippen LogP contribution >= 0.6 is 0 Å². The molecule has 5 nitrogen and oxygen atoms in total. The molecule has 3 rings (SSSR count). The summed E-state index contributed by atoms with van der Waals surface area (Å²) in [6.45, 7) is 0. The number of aromatic nitrogens is 2. The highest BCUT2D eigenvalue weighted by Gasteiger charge is 2.02. The first-order valence-electron chi connectivity index (χ1n) is 6.12. The lowest BCUT2D eigenvalue weighted by Crippen LogP contribution is -1.87. The number of methoxy groups -OCH3 is 1. The predicted octanol–water partition coefficient (Wildman–Crippen LogP) is 3.03. The summed E-state index contributed by atoms with van der Waals surface area (Å²) in [4.78, 5) is 11.7. The number of phenols is 1. The first kappa shape index (κ1) is 12.2. The van der Waals surface area contributed by atoms with Crippen LogP contribution in [0, 0.1) is 0 Å².